The lowest BCUT2D eigenvalue weighted by Gasteiger charge is -2.44. The van der Waals surface area contributed by atoms with Crippen LogP contribution in [0.5, 0.6) is 0 Å². The predicted molar refractivity (Wildman–Crippen MR) is 119 cm³/mol. The van der Waals surface area contributed by atoms with Gasteiger partial charge in [0.1, 0.15) is 0 Å². The van der Waals surface area contributed by atoms with Crippen LogP contribution < -0.4 is 0 Å². The van der Waals surface area contributed by atoms with E-state index in [0.29, 0.717) is 0 Å². The van der Waals surface area contributed by atoms with Crippen molar-refractivity contribution in [1.29, 1.82) is 0 Å². The van der Waals surface area contributed by atoms with Crippen LogP contribution in [0.1, 0.15) is 86.0 Å². The molecule has 8 heteroatoms. The Morgan fingerprint density at radius 2 is 1.34 bits per heavy atom. The Kier molecular flexibility index (Phi) is 13.2. The zero-order chi connectivity index (χ0) is 24.1. The van der Waals surface area contributed by atoms with Gasteiger partial charge in [0.05, 0.1) is 12.2 Å². The second-order valence-electron chi connectivity index (χ2n) is 8.37. The maximum Gasteiger partial charge on any atom is 0.303 e. The number of ether oxygens (including phenoxy) is 5. The zero-order valence-electron chi connectivity index (χ0n) is 20.2. The highest BCUT2D eigenvalue weighted by atomic mass is 16.7. The van der Waals surface area contributed by atoms with Crippen LogP contribution >= 0.6 is 0 Å². The standard InChI is InChI=1S/C24H40O8/c1-7-8-9-10-11-12-13-14-15-16(2)28-24-23(32-20(6)27)22(31-19(5)26)21(17(3)29-24)30-18(4)25/h7,16-17,21-24H,1,8-15H2,2-6H3/t16?,17?,21-,22-,23?,24+/m0/s1. The molecule has 0 aromatic rings. The average Bonchev–Trinajstić information content (AvgIpc) is 2.68. The van der Waals surface area contributed by atoms with Gasteiger partial charge in [0.25, 0.3) is 0 Å². The molecule has 6 atom stereocenters. The summed E-state index contributed by atoms with van der Waals surface area (Å²) in [5, 5.41) is 0. The summed E-state index contributed by atoms with van der Waals surface area (Å²) in [6, 6.07) is 0. The minimum Gasteiger partial charge on any atom is -0.456 e. The van der Waals surface area contributed by atoms with E-state index in [1.165, 1.54) is 46.5 Å². The van der Waals surface area contributed by atoms with Gasteiger partial charge in [-0.1, -0.05) is 38.2 Å². The smallest absolute Gasteiger partial charge is 0.303 e. The molecular weight excluding hydrogens is 416 g/mol. The van der Waals surface area contributed by atoms with E-state index in [0.717, 1.165) is 25.7 Å². The van der Waals surface area contributed by atoms with Gasteiger partial charge >= 0.3 is 17.9 Å². The summed E-state index contributed by atoms with van der Waals surface area (Å²) in [5.41, 5.74) is 0. The van der Waals surface area contributed by atoms with Crippen LogP contribution in [0.2, 0.25) is 0 Å². The molecule has 1 heterocycles. The maximum atomic E-state index is 11.7. The third-order valence-corrected chi connectivity index (χ3v) is 5.27. The van der Waals surface area contributed by atoms with E-state index < -0.39 is 48.6 Å². The molecule has 1 aliphatic rings. The fourth-order valence-corrected chi connectivity index (χ4v) is 3.80. The van der Waals surface area contributed by atoms with Crippen molar-refractivity contribution in [3.8, 4) is 0 Å². The zero-order valence-corrected chi connectivity index (χ0v) is 20.2. The Bertz CT molecular complexity index is 605. The summed E-state index contributed by atoms with van der Waals surface area (Å²) in [5.74, 6) is -1.72. The highest BCUT2D eigenvalue weighted by molar-refractivity contribution is 5.68. The normalized spacial score (nSPS) is 26.1. The van der Waals surface area contributed by atoms with E-state index in [1.54, 1.807) is 6.92 Å². The van der Waals surface area contributed by atoms with E-state index in [2.05, 4.69) is 6.58 Å². The minimum absolute atomic E-state index is 0.158. The molecule has 1 saturated heterocycles. The van der Waals surface area contributed by atoms with Crippen LogP contribution in [-0.4, -0.2) is 54.7 Å². The van der Waals surface area contributed by atoms with Gasteiger partial charge in [-0.15, -0.1) is 6.58 Å². The Balaban J connectivity index is 2.71. The third kappa shape index (κ3) is 10.6. The van der Waals surface area contributed by atoms with Crippen molar-refractivity contribution in [3.63, 3.8) is 0 Å². The first-order valence-corrected chi connectivity index (χ1v) is 11.6. The lowest BCUT2D eigenvalue weighted by Crippen LogP contribution is -2.61. The van der Waals surface area contributed by atoms with Gasteiger partial charge in [-0.05, 0) is 33.1 Å². The summed E-state index contributed by atoms with van der Waals surface area (Å²) in [4.78, 5) is 35.0. The molecule has 0 aromatic heterocycles. The number of rotatable bonds is 14. The second-order valence-corrected chi connectivity index (χ2v) is 8.37. The number of esters is 3. The van der Waals surface area contributed by atoms with Crippen molar-refractivity contribution in [1.82, 2.24) is 0 Å². The van der Waals surface area contributed by atoms with Crippen molar-refractivity contribution in [3.05, 3.63) is 12.7 Å². The molecule has 3 unspecified atom stereocenters. The molecular formula is C24H40O8. The van der Waals surface area contributed by atoms with Gasteiger partial charge in [0.2, 0.25) is 0 Å². The third-order valence-electron chi connectivity index (χ3n) is 5.27. The molecule has 1 fully saturated rings. The van der Waals surface area contributed by atoms with Gasteiger partial charge in [0.15, 0.2) is 24.6 Å². The van der Waals surface area contributed by atoms with E-state index in [4.69, 9.17) is 23.7 Å². The van der Waals surface area contributed by atoms with Crippen LogP contribution in [0.15, 0.2) is 12.7 Å². The highest BCUT2D eigenvalue weighted by Crippen LogP contribution is 2.30. The summed E-state index contributed by atoms with van der Waals surface area (Å²) in [6.07, 6.45) is 6.03. The molecule has 0 aromatic carbocycles. The quantitative estimate of drug-likeness (QED) is 0.166. The molecule has 0 saturated carbocycles. The molecule has 0 amide bonds. The van der Waals surface area contributed by atoms with Crippen LogP contribution in [0.3, 0.4) is 0 Å². The van der Waals surface area contributed by atoms with Crippen LogP contribution in [0.25, 0.3) is 0 Å². The predicted octanol–water partition coefficient (Wildman–Crippen LogP) is 4.24. The largest absolute Gasteiger partial charge is 0.456 e. The summed E-state index contributed by atoms with van der Waals surface area (Å²) in [6.45, 7) is 11.1. The highest BCUT2D eigenvalue weighted by Gasteiger charge is 2.51. The fourth-order valence-electron chi connectivity index (χ4n) is 3.80. The van der Waals surface area contributed by atoms with Crippen LogP contribution in [0, 0.1) is 0 Å². The first-order chi connectivity index (χ1) is 15.1. The number of hydrogen-bond acceptors (Lipinski definition) is 8. The SMILES string of the molecule is C=CCCCCCCCCC(C)O[C@@H]1OC(C)[C@H](OC(C)=O)[C@H](OC(C)=O)C1OC(C)=O. The number of hydrogen-bond donors (Lipinski definition) is 0. The number of unbranched alkanes of at least 4 members (excludes halogenated alkanes) is 6. The summed E-state index contributed by atoms with van der Waals surface area (Å²) >= 11 is 0. The van der Waals surface area contributed by atoms with Gasteiger partial charge in [-0.3, -0.25) is 14.4 Å². The Labute approximate surface area is 191 Å². The molecule has 0 bridgehead atoms. The molecule has 0 N–H and O–H groups in total. The van der Waals surface area contributed by atoms with E-state index in [-0.39, 0.29) is 6.10 Å². The Morgan fingerprint density at radius 1 is 0.844 bits per heavy atom. The van der Waals surface area contributed by atoms with Crippen molar-refractivity contribution >= 4 is 17.9 Å². The van der Waals surface area contributed by atoms with Crippen molar-refractivity contribution in [2.45, 2.75) is 123 Å². The molecule has 184 valence electrons. The Morgan fingerprint density at radius 3 is 1.91 bits per heavy atom. The molecule has 0 radical (unpaired) electrons. The molecule has 8 nitrogen and oxygen atoms in total. The van der Waals surface area contributed by atoms with Gasteiger partial charge in [0, 0.05) is 20.8 Å². The lowest BCUT2D eigenvalue weighted by molar-refractivity contribution is -0.309. The molecule has 1 rings (SSSR count). The first-order valence-electron chi connectivity index (χ1n) is 11.6. The van der Waals surface area contributed by atoms with E-state index in [9.17, 15) is 14.4 Å². The summed E-state index contributed by atoms with van der Waals surface area (Å²) in [7, 11) is 0. The monoisotopic (exact) mass is 456 g/mol. The molecule has 1 aliphatic heterocycles. The lowest BCUT2D eigenvalue weighted by atomic mass is 9.98. The fraction of sp³-hybridized carbons (Fsp3) is 0.792. The number of carbonyl (C=O) groups is 3. The number of carbonyl (C=O) groups excluding carboxylic acids is 3. The Hall–Kier alpha value is -1.93. The minimum atomic E-state index is -1.05. The molecule has 32 heavy (non-hydrogen) atoms. The molecule has 0 spiro atoms. The van der Waals surface area contributed by atoms with Crippen molar-refractivity contribution in [2.24, 2.45) is 0 Å². The van der Waals surface area contributed by atoms with Crippen LogP contribution in [0.4, 0.5) is 0 Å². The van der Waals surface area contributed by atoms with Gasteiger partial charge in [-0.2, -0.15) is 0 Å². The first kappa shape index (κ1) is 28.1. The number of allylic oxidation sites excluding steroid dienone is 1. The maximum absolute atomic E-state index is 11.7. The van der Waals surface area contributed by atoms with E-state index in [1.807, 2.05) is 13.0 Å². The van der Waals surface area contributed by atoms with E-state index >= 15 is 0 Å². The second kappa shape index (κ2) is 15.0. The van der Waals surface area contributed by atoms with Gasteiger partial charge in [-0.25, -0.2) is 0 Å². The topological polar surface area (TPSA) is 97.4 Å². The van der Waals surface area contributed by atoms with Crippen LogP contribution in [-0.2, 0) is 38.1 Å². The van der Waals surface area contributed by atoms with Gasteiger partial charge < -0.3 is 23.7 Å². The average molecular weight is 457 g/mol. The van der Waals surface area contributed by atoms with Crippen molar-refractivity contribution in [2.75, 3.05) is 0 Å². The molecule has 0 aliphatic carbocycles. The van der Waals surface area contributed by atoms with Crippen molar-refractivity contribution < 1.29 is 38.1 Å². The summed E-state index contributed by atoms with van der Waals surface area (Å²) < 4.78 is 28.1.